The molecule has 1 saturated heterocycles. The van der Waals surface area contributed by atoms with Gasteiger partial charge in [0, 0.05) is 18.2 Å². The molecule has 1 fully saturated rings. The van der Waals surface area contributed by atoms with Crippen molar-refractivity contribution < 1.29 is 19.1 Å². The zero-order chi connectivity index (χ0) is 21.7. The van der Waals surface area contributed by atoms with E-state index in [2.05, 4.69) is 15.0 Å². The highest BCUT2D eigenvalue weighted by atomic mass is 32.2. The average molecular weight is 426 g/mol. The molecule has 2 aromatic carbocycles. The van der Waals surface area contributed by atoms with Gasteiger partial charge in [-0.2, -0.15) is 0 Å². The fourth-order valence-corrected chi connectivity index (χ4v) is 4.09. The van der Waals surface area contributed by atoms with Gasteiger partial charge >= 0.3 is 5.97 Å². The maximum Gasteiger partial charge on any atom is 0.337 e. The van der Waals surface area contributed by atoms with Crippen LogP contribution in [-0.2, 0) is 14.3 Å². The lowest BCUT2D eigenvalue weighted by molar-refractivity contribution is -0.121. The Kier molecular flexibility index (Phi) is 6.89. The molecule has 30 heavy (non-hydrogen) atoms. The molecule has 0 spiro atoms. The van der Waals surface area contributed by atoms with Crippen molar-refractivity contribution in [3.05, 3.63) is 60.2 Å². The molecule has 0 bridgehead atoms. The Balaban J connectivity index is 1.76. The molecule has 1 atom stereocenters. The Morgan fingerprint density at radius 3 is 2.40 bits per heavy atom. The molecule has 3 rings (SSSR count). The molecule has 1 N–H and O–H groups in total. The summed E-state index contributed by atoms with van der Waals surface area (Å²) in [4.78, 5) is 42.9. The molecule has 2 amide bonds. The van der Waals surface area contributed by atoms with E-state index >= 15 is 0 Å². The lowest BCUT2D eigenvalue weighted by Crippen LogP contribution is -2.31. The third kappa shape index (κ3) is 5.07. The number of thioether (sulfide) groups is 1. The van der Waals surface area contributed by atoms with E-state index in [9.17, 15) is 14.4 Å². The SMILES string of the molecule is COC(=O)c1ccc(N2C(=O)CC(SC(=NC(C)C)Nc3ccccc3)C2=O)cc1. The van der Waals surface area contributed by atoms with E-state index in [0.29, 0.717) is 16.4 Å². The van der Waals surface area contributed by atoms with Crippen molar-refractivity contribution in [1.29, 1.82) is 0 Å². The van der Waals surface area contributed by atoms with Crippen molar-refractivity contribution in [3.63, 3.8) is 0 Å². The molecule has 2 aromatic rings. The molecule has 0 aliphatic carbocycles. The minimum atomic E-state index is -0.577. The van der Waals surface area contributed by atoms with Gasteiger partial charge in [0.15, 0.2) is 5.17 Å². The first-order valence-electron chi connectivity index (χ1n) is 9.50. The van der Waals surface area contributed by atoms with E-state index in [1.807, 2.05) is 44.2 Å². The summed E-state index contributed by atoms with van der Waals surface area (Å²) < 4.78 is 4.68. The molecule has 0 radical (unpaired) electrons. The number of carbonyl (C=O) groups is 3. The third-order valence-electron chi connectivity index (χ3n) is 4.31. The first-order valence-corrected chi connectivity index (χ1v) is 10.4. The van der Waals surface area contributed by atoms with Crippen LogP contribution in [0.2, 0.25) is 0 Å². The Bertz CT molecular complexity index is 958. The van der Waals surface area contributed by atoms with E-state index in [0.717, 1.165) is 10.6 Å². The topological polar surface area (TPSA) is 88.1 Å². The molecule has 1 aliphatic rings. The van der Waals surface area contributed by atoms with Gasteiger partial charge in [-0.1, -0.05) is 30.0 Å². The predicted octanol–water partition coefficient (Wildman–Crippen LogP) is 3.71. The van der Waals surface area contributed by atoms with Crippen LogP contribution in [0.1, 0.15) is 30.6 Å². The fraction of sp³-hybridized carbons (Fsp3) is 0.273. The number of nitrogens with zero attached hydrogens (tertiary/aromatic N) is 2. The Morgan fingerprint density at radius 2 is 1.80 bits per heavy atom. The number of para-hydroxylation sites is 1. The zero-order valence-corrected chi connectivity index (χ0v) is 17.8. The number of benzene rings is 2. The number of rotatable bonds is 5. The summed E-state index contributed by atoms with van der Waals surface area (Å²) in [5.41, 5.74) is 1.64. The highest BCUT2D eigenvalue weighted by Crippen LogP contribution is 2.31. The zero-order valence-electron chi connectivity index (χ0n) is 17.0. The van der Waals surface area contributed by atoms with E-state index in [4.69, 9.17) is 0 Å². The summed E-state index contributed by atoms with van der Waals surface area (Å²) in [6.07, 6.45) is 0.0792. The van der Waals surface area contributed by atoms with Gasteiger partial charge in [0.05, 0.1) is 18.4 Å². The second kappa shape index (κ2) is 9.58. The summed E-state index contributed by atoms with van der Waals surface area (Å²) in [5.74, 6) is -1.07. The van der Waals surface area contributed by atoms with Gasteiger partial charge in [-0.25, -0.2) is 9.69 Å². The van der Waals surface area contributed by atoms with Crippen LogP contribution in [0.15, 0.2) is 59.6 Å². The van der Waals surface area contributed by atoms with Crippen molar-refractivity contribution in [2.75, 3.05) is 17.3 Å². The molecule has 7 nitrogen and oxygen atoms in total. The predicted molar refractivity (Wildman–Crippen MR) is 119 cm³/mol. The standard InChI is InChI=1S/C22H23N3O4S/c1-14(2)23-22(24-16-7-5-4-6-8-16)30-18-13-19(26)25(20(18)27)17-11-9-15(10-12-17)21(28)29-3/h4-12,14,18H,13H2,1-3H3,(H,23,24). The van der Waals surface area contributed by atoms with Gasteiger partial charge in [-0.3, -0.25) is 14.6 Å². The average Bonchev–Trinajstić information content (AvgIpc) is 3.00. The van der Waals surface area contributed by atoms with E-state index in [1.54, 1.807) is 12.1 Å². The normalized spacial score (nSPS) is 16.9. The second-order valence-electron chi connectivity index (χ2n) is 6.94. The molecular weight excluding hydrogens is 402 g/mol. The van der Waals surface area contributed by atoms with Crippen LogP contribution in [0.3, 0.4) is 0 Å². The summed E-state index contributed by atoms with van der Waals surface area (Å²) in [7, 11) is 1.30. The maximum absolute atomic E-state index is 13.0. The largest absolute Gasteiger partial charge is 0.465 e. The van der Waals surface area contributed by atoms with Crippen molar-refractivity contribution in [1.82, 2.24) is 0 Å². The number of ether oxygens (including phenoxy) is 1. The number of nitrogens with one attached hydrogen (secondary N) is 1. The van der Waals surface area contributed by atoms with Crippen molar-refractivity contribution in [2.45, 2.75) is 31.6 Å². The summed E-state index contributed by atoms with van der Waals surface area (Å²) in [6.45, 7) is 3.90. The molecule has 156 valence electrons. The number of amidine groups is 1. The molecule has 1 heterocycles. The minimum absolute atomic E-state index is 0.0258. The number of esters is 1. The van der Waals surface area contributed by atoms with Crippen LogP contribution in [0.25, 0.3) is 0 Å². The van der Waals surface area contributed by atoms with Crippen molar-refractivity contribution >= 4 is 46.1 Å². The number of amides is 2. The van der Waals surface area contributed by atoms with Crippen LogP contribution in [0, 0.1) is 0 Å². The van der Waals surface area contributed by atoms with Crippen LogP contribution >= 0.6 is 11.8 Å². The summed E-state index contributed by atoms with van der Waals surface area (Å²) in [5, 5.41) is 3.24. The summed E-state index contributed by atoms with van der Waals surface area (Å²) >= 11 is 1.25. The molecule has 1 unspecified atom stereocenters. The second-order valence-corrected chi connectivity index (χ2v) is 8.13. The lowest BCUT2D eigenvalue weighted by atomic mass is 10.2. The van der Waals surface area contributed by atoms with E-state index in [-0.39, 0.29) is 24.3 Å². The quantitative estimate of drug-likeness (QED) is 0.340. The van der Waals surface area contributed by atoms with E-state index < -0.39 is 11.2 Å². The first-order chi connectivity index (χ1) is 14.4. The summed E-state index contributed by atoms with van der Waals surface area (Å²) in [6, 6.07) is 15.8. The Labute approximate surface area is 179 Å². The number of carbonyl (C=O) groups excluding carboxylic acids is 3. The number of imide groups is 1. The monoisotopic (exact) mass is 425 g/mol. The maximum atomic E-state index is 13.0. The van der Waals surface area contributed by atoms with Gasteiger partial charge in [0.1, 0.15) is 5.25 Å². The Hall–Kier alpha value is -3.13. The van der Waals surface area contributed by atoms with Gasteiger partial charge in [0.25, 0.3) is 0 Å². The number of hydrogen-bond acceptors (Lipinski definition) is 6. The number of anilines is 2. The first kappa shape index (κ1) is 21.6. The van der Waals surface area contributed by atoms with Crippen molar-refractivity contribution in [2.24, 2.45) is 4.99 Å². The molecule has 0 aromatic heterocycles. The van der Waals surface area contributed by atoms with Crippen LogP contribution < -0.4 is 10.2 Å². The van der Waals surface area contributed by atoms with Gasteiger partial charge in [-0.15, -0.1) is 0 Å². The van der Waals surface area contributed by atoms with Gasteiger partial charge in [0.2, 0.25) is 11.8 Å². The Morgan fingerprint density at radius 1 is 1.13 bits per heavy atom. The fourth-order valence-electron chi connectivity index (χ4n) is 2.94. The van der Waals surface area contributed by atoms with Crippen molar-refractivity contribution in [3.8, 4) is 0 Å². The number of hydrogen-bond donors (Lipinski definition) is 1. The number of aliphatic imine (C=N–C) groups is 1. The molecule has 0 saturated carbocycles. The molecule has 8 heteroatoms. The highest BCUT2D eigenvalue weighted by Gasteiger charge is 2.40. The van der Waals surface area contributed by atoms with Gasteiger partial charge < -0.3 is 10.1 Å². The highest BCUT2D eigenvalue weighted by molar-refractivity contribution is 8.15. The smallest absolute Gasteiger partial charge is 0.337 e. The van der Waals surface area contributed by atoms with E-state index in [1.165, 1.54) is 31.0 Å². The molecular formula is C22H23N3O4S. The minimum Gasteiger partial charge on any atom is -0.465 e. The third-order valence-corrected chi connectivity index (χ3v) is 5.39. The molecule has 1 aliphatic heterocycles. The van der Waals surface area contributed by atoms with Crippen LogP contribution in [0.4, 0.5) is 11.4 Å². The lowest BCUT2D eigenvalue weighted by Gasteiger charge is -2.16. The number of methoxy groups -OCH3 is 1. The van der Waals surface area contributed by atoms with Crippen LogP contribution in [0.5, 0.6) is 0 Å². The van der Waals surface area contributed by atoms with Gasteiger partial charge in [-0.05, 0) is 50.2 Å². The van der Waals surface area contributed by atoms with Crippen LogP contribution in [-0.4, -0.2) is 41.4 Å².